The molecule has 6 unspecified atom stereocenters. The summed E-state index contributed by atoms with van der Waals surface area (Å²) in [4.78, 5) is 59.8. The number of hydrogen-bond acceptors (Lipinski definition) is 8. The van der Waals surface area contributed by atoms with E-state index in [9.17, 15) is 34.2 Å². The number of carboxylic acid groups (broad SMARTS) is 2. The van der Waals surface area contributed by atoms with Crippen LogP contribution in [-0.4, -0.2) is 87.3 Å². The van der Waals surface area contributed by atoms with Crippen LogP contribution in [0.2, 0.25) is 0 Å². The lowest BCUT2D eigenvalue weighted by molar-refractivity contribution is -0.142. The number of aliphatic hydroxyl groups excluding tert-OH is 1. The quantitative estimate of drug-likeness (QED) is 0.145. The summed E-state index contributed by atoms with van der Waals surface area (Å²) in [7, 11) is 0. The number of aliphatic carboxylic acids is 2. The number of rotatable bonds is 15. The standard InChI is InChI=1S/C19H34N4O8S/c1-5-9(2)14(17(28)21-12(19(30)31)6-7-32-4)22-18(29)15(10(3)24)23-16(27)11(20)8-13(25)26/h9-12,14-15,24H,5-8,20H2,1-4H3,(H,21,28)(H,22,29)(H,23,27)(H,25,26)(H,30,31). The fourth-order valence-electron chi connectivity index (χ4n) is 2.65. The Morgan fingerprint density at radius 2 is 1.47 bits per heavy atom. The van der Waals surface area contributed by atoms with Crippen LogP contribution in [0.1, 0.15) is 40.0 Å². The topological polar surface area (TPSA) is 208 Å². The van der Waals surface area contributed by atoms with Crippen LogP contribution in [-0.2, 0) is 24.0 Å². The first kappa shape index (κ1) is 29.6. The number of thioether (sulfide) groups is 1. The molecule has 0 aliphatic carbocycles. The highest BCUT2D eigenvalue weighted by Gasteiger charge is 2.34. The van der Waals surface area contributed by atoms with Crippen LogP contribution in [0.4, 0.5) is 0 Å². The largest absolute Gasteiger partial charge is 0.481 e. The van der Waals surface area contributed by atoms with Crippen LogP contribution in [0.15, 0.2) is 0 Å². The van der Waals surface area contributed by atoms with Gasteiger partial charge in [-0.3, -0.25) is 19.2 Å². The van der Waals surface area contributed by atoms with E-state index in [0.29, 0.717) is 12.2 Å². The maximum Gasteiger partial charge on any atom is 0.326 e. The van der Waals surface area contributed by atoms with Crippen LogP contribution in [0.25, 0.3) is 0 Å². The van der Waals surface area contributed by atoms with Gasteiger partial charge in [0.25, 0.3) is 0 Å². The predicted octanol–water partition coefficient (Wildman–Crippen LogP) is -1.49. The van der Waals surface area contributed by atoms with Crippen molar-refractivity contribution in [2.45, 2.75) is 70.3 Å². The van der Waals surface area contributed by atoms with Gasteiger partial charge in [-0.05, 0) is 31.3 Å². The Morgan fingerprint density at radius 3 is 1.91 bits per heavy atom. The SMILES string of the molecule is CCC(C)C(NC(=O)C(NC(=O)C(N)CC(=O)O)C(C)O)C(=O)NC(CCSC)C(=O)O. The Kier molecular flexibility index (Phi) is 13.5. The van der Waals surface area contributed by atoms with Gasteiger partial charge in [-0.2, -0.15) is 11.8 Å². The van der Waals surface area contributed by atoms with Crippen LogP contribution in [0.5, 0.6) is 0 Å². The van der Waals surface area contributed by atoms with Crippen LogP contribution in [0.3, 0.4) is 0 Å². The minimum Gasteiger partial charge on any atom is -0.481 e. The van der Waals surface area contributed by atoms with Gasteiger partial charge in [-0.25, -0.2) is 4.79 Å². The van der Waals surface area contributed by atoms with Gasteiger partial charge in [0.15, 0.2) is 0 Å². The van der Waals surface area contributed by atoms with Crippen molar-refractivity contribution in [1.82, 2.24) is 16.0 Å². The minimum absolute atomic E-state index is 0.192. The Labute approximate surface area is 191 Å². The number of carboxylic acids is 2. The van der Waals surface area contributed by atoms with Gasteiger partial charge in [0.05, 0.1) is 18.6 Å². The third-order valence-corrected chi connectivity index (χ3v) is 5.46. The number of amides is 3. The van der Waals surface area contributed by atoms with Crippen LogP contribution >= 0.6 is 11.8 Å². The maximum atomic E-state index is 12.8. The molecule has 13 heteroatoms. The van der Waals surface area contributed by atoms with E-state index in [4.69, 9.17) is 10.8 Å². The van der Waals surface area contributed by atoms with Crippen molar-refractivity contribution < 1.29 is 39.3 Å². The van der Waals surface area contributed by atoms with Gasteiger partial charge in [0, 0.05) is 0 Å². The molecule has 0 spiro atoms. The number of nitrogens with one attached hydrogen (secondary N) is 3. The Bertz CT molecular complexity index is 676. The molecule has 0 aliphatic heterocycles. The summed E-state index contributed by atoms with van der Waals surface area (Å²) in [5, 5.41) is 35.1. The number of aliphatic hydroxyl groups is 1. The zero-order valence-electron chi connectivity index (χ0n) is 18.7. The zero-order chi connectivity index (χ0) is 25.0. The van der Waals surface area contributed by atoms with Crippen molar-refractivity contribution in [3.05, 3.63) is 0 Å². The molecule has 0 aromatic heterocycles. The van der Waals surface area contributed by atoms with Gasteiger partial charge in [-0.1, -0.05) is 20.3 Å². The van der Waals surface area contributed by atoms with E-state index in [1.807, 2.05) is 0 Å². The lowest BCUT2D eigenvalue weighted by Crippen LogP contribution is -2.61. The van der Waals surface area contributed by atoms with Gasteiger partial charge in [0.1, 0.15) is 18.1 Å². The summed E-state index contributed by atoms with van der Waals surface area (Å²) in [6.45, 7) is 4.69. The summed E-state index contributed by atoms with van der Waals surface area (Å²) in [5.41, 5.74) is 5.48. The summed E-state index contributed by atoms with van der Waals surface area (Å²) >= 11 is 1.42. The van der Waals surface area contributed by atoms with E-state index in [0.717, 1.165) is 0 Å². The van der Waals surface area contributed by atoms with E-state index in [1.165, 1.54) is 18.7 Å². The molecule has 8 N–H and O–H groups in total. The Hall–Kier alpha value is -2.38. The normalized spacial score (nSPS) is 16.6. The van der Waals surface area contributed by atoms with Crippen molar-refractivity contribution in [2.24, 2.45) is 11.7 Å². The average molecular weight is 479 g/mol. The van der Waals surface area contributed by atoms with Gasteiger partial charge in [0.2, 0.25) is 17.7 Å². The molecule has 0 bridgehead atoms. The second-order valence-corrected chi connectivity index (χ2v) is 8.47. The highest BCUT2D eigenvalue weighted by atomic mass is 32.2. The molecule has 32 heavy (non-hydrogen) atoms. The lowest BCUT2D eigenvalue weighted by atomic mass is 9.97. The predicted molar refractivity (Wildman–Crippen MR) is 118 cm³/mol. The van der Waals surface area contributed by atoms with Gasteiger partial charge < -0.3 is 37.0 Å². The maximum absolute atomic E-state index is 12.8. The van der Waals surface area contributed by atoms with Gasteiger partial charge >= 0.3 is 11.9 Å². The minimum atomic E-state index is -1.51. The van der Waals surface area contributed by atoms with Crippen LogP contribution < -0.4 is 21.7 Å². The Balaban J connectivity index is 5.45. The molecule has 0 radical (unpaired) electrons. The average Bonchev–Trinajstić information content (AvgIpc) is 2.70. The molecule has 0 heterocycles. The zero-order valence-corrected chi connectivity index (χ0v) is 19.5. The second kappa shape index (κ2) is 14.6. The van der Waals surface area contributed by atoms with Gasteiger partial charge in [-0.15, -0.1) is 0 Å². The third-order valence-electron chi connectivity index (χ3n) is 4.81. The molecule has 0 rings (SSSR count). The molecule has 0 saturated heterocycles. The first-order valence-electron chi connectivity index (χ1n) is 10.1. The molecular weight excluding hydrogens is 444 g/mol. The molecule has 0 aromatic rings. The molecule has 3 amide bonds. The third kappa shape index (κ3) is 10.3. The van der Waals surface area contributed by atoms with E-state index in [-0.39, 0.29) is 6.42 Å². The summed E-state index contributed by atoms with van der Waals surface area (Å²) < 4.78 is 0. The fourth-order valence-corrected chi connectivity index (χ4v) is 3.12. The first-order valence-corrected chi connectivity index (χ1v) is 11.5. The number of carbonyl (C=O) groups is 5. The van der Waals surface area contributed by atoms with Crippen molar-refractivity contribution in [3.8, 4) is 0 Å². The molecule has 0 aromatic carbocycles. The van der Waals surface area contributed by atoms with Crippen molar-refractivity contribution in [3.63, 3.8) is 0 Å². The summed E-state index contributed by atoms with van der Waals surface area (Å²) in [6, 6.07) is -5.22. The van der Waals surface area contributed by atoms with E-state index >= 15 is 0 Å². The van der Waals surface area contributed by atoms with Crippen molar-refractivity contribution in [1.29, 1.82) is 0 Å². The molecule has 12 nitrogen and oxygen atoms in total. The highest BCUT2D eigenvalue weighted by molar-refractivity contribution is 7.98. The first-order chi connectivity index (χ1) is 14.8. The molecule has 0 aliphatic rings. The van der Waals surface area contributed by atoms with Crippen molar-refractivity contribution >= 4 is 41.4 Å². The van der Waals surface area contributed by atoms with E-state index in [1.54, 1.807) is 20.1 Å². The number of carbonyl (C=O) groups excluding carboxylic acids is 3. The molecule has 184 valence electrons. The summed E-state index contributed by atoms with van der Waals surface area (Å²) in [6.07, 6.45) is 0.401. The number of hydrogen-bond donors (Lipinski definition) is 7. The molecular formula is C19H34N4O8S. The van der Waals surface area contributed by atoms with Crippen LogP contribution in [0, 0.1) is 5.92 Å². The smallest absolute Gasteiger partial charge is 0.326 e. The Morgan fingerprint density at radius 1 is 0.938 bits per heavy atom. The summed E-state index contributed by atoms with van der Waals surface area (Å²) in [5.74, 6) is -4.97. The van der Waals surface area contributed by atoms with E-state index < -0.39 is 72.3 Å². The monoisotopic (exact) mass is 478 g/mol. The molecule has 0 fully saturated rings. The van der Waals surface area contributed by atoms with E-state index in [2.05, 4.69) is 16.0 Å². The molecule has 0 saturated carbocycles. The highest BCUT2D eigenvalue weighted by Crippen LogP contribution is 2.11. The lowest BCUT2D eigenvalue weighted by Gasteiger charge is -2.29. The van der Waals surface area contributed by atoms with Crippen molar-refractivity contribution in [2.75, 3.05) is 12.0 Å². The fraction of sp³-hybridized carbons (Fsp3) is 0.737. The molecule has 6 atom stereocenters. The number of nitrogens with two attached hydrogens (primary N) is 1. The second-order valence-electron chi connectivity index (χ2n) is 7.48.